The Morgan fingerprint density at radius 2 is 1.83 bits per heavy atom. The molecule has 2 heteroatoms. The molecule has 2 nitrogen and oxygen atoms in total. The molecule has 1 aromatic heterocycles. The van der Waals surface area contributed by atoms with E-state index in [4.69, 9.17) is 4.42 Å². The second-order valence-electron chi connectivity index (χ2n) is 4.98. The van der Waals surface area contributed by atoms with Crippen molar-refractivity contribution in [3.63, 3.8) is 0 Å². The smallest absolute Gasteiger partial charge is 0.289 e. The summed E-state index contributed by atoms with van der Waals surface area (Å²) in [5.41, 5.74) is 1.29. The maximum absolute atomic E-state index is 9.54. The minimum atomic E-state index is 0.0368. The summed E-state index contributed by atoms with van der Waals surface area (Å²) in [6.07, 6.45) is 10.6. The molecule has 2 rings (SSSR count). The predicted octanol–water partition coefficient (Wildman–Crippen LogP) is 5.04. The predicted molar refractivity (Wildman–Crippen MR) is 75.0 cm³/mol. The average molecular weight is 246 g/mol. The third-order valence-corrected chi connectivity index (χ3v) is 3.46. The highest BCUT2D eigenvalue weighted by Crippen LogP contribution is 2.27. The topological polar surface area (TPSA) is 33.4 Å². The molecule has 0 radical (unpaired) electrons. The van der Waals surface area contributed by atoms with Crippen LogP contribution in [0.3, 0.4) is 0 Å². The highest BCUT2D eigenvalue weighted by atomic mass is 16.5. The van der Waals surface area contributed by atoms with Gasteiger partial charge < -0.3 is 9.52 Å². The van der Waals surface area contributed by atoms with Crippen LogP contribution in [0, 0.1) is 0 Å². The molecule has 2 aromatic rings. The first-order chi connectivity index (χ1) is 8.81. The molecule has 0 spiro atoms. The van der Waals surface area contributed by atoms with E-state index in [0.717, 1.165) is 17.2 Å². The van der Waals surface area contributed by atoms with Crippen molar-refractivity contribution in [2.75, 3.05) is 0 Å². The molecular weight excluding hydrogens is 224 g/mol. The SMILES string of the molecule is CCCCCCCCc1ccc2coc(O)c2c1. The van der Waals surface area contributed by atoms with Crippen LogP contribution in [0.2, 0.25) is 0 Å². The lowest BCUT2D eigenvalue weighted by molar-refractivity contribution is 0.338. The molecule has 1 heterocycles. The molecule has 18 heavy (non-hydrogen) atoms. The Hall–Kier alpha value is -1.44. The van der Waals surface area contributed by atoms with Crippen molar-refractivity contribution < 1.29 is 9.52 Å². The Bertz CT molecular complexity index is 485. The second-order valence-corrected chi connectivity index (χ2v) is 4.98. The molecule has 0 atom stereocenters. The lowest BCUT2D eigenvalue weighted by Gasteiger charge is -2.02. The summed E-state index contributed by atoms with van der Waals surface area (Å²) in [4.78, 5) is 0. The molecule has 1 aromatic carbocycles. The minimum Gasteiger partial charge on any atom is -0.480 e. The Morgan fingerprint density at radius 3 is 2.67 bits per heavy atom. The first-order valence-electron chi connectivity index (χ1n) is 7.00. The number of hydrogen-bond donors (Lipinski definition) is 1. The van der Waals surface area contributed by atoms with Crippen molar-refractivity contribution in [2.45, 2.75) is 51.9 Å². The Balaban J connectivity index is 1.82. The normalized spacial score (nSPS) is 11.2. The largest absolute Gasteiger partial charge is 0.480 e. The van der Waals surface area contributed by atoms with Gasteiger partial charge in [-0.3, -0.25) is 0 Å². The van der Waals surface area contributed by atoms with E-state index in [1.165, 1.54) is 44.1 Å². The van der Waals surface area contributed by atoms with Gasteiger partial charge in [0.1, 0.15) is 6.26 Å². The van der Waals surface area contributed by atoms with Crippen LogP contribution in [0.5, 0.6) is 5.95 Å². The third kappa shape index (κ3) is 3.28. The molecular formula is C16H22O2. The van der Waals surface area contributed by atoms with Gasteiger partial charge in [0.15, 0.2) is 0 Å². The van der Waals surface area contributed by atoms with Crippen LogP contribution in [0.25, 0.3) is 10.8 Å². The summed E-state index contributed by atoms with van der Waals surface area (Å²) in [5, 5.41) is 11.3. The van der Waals surface area contributed by atoms with Gasteiger partial charge in [0, 0.05) is 5.39 Å². The van der Waals surface area contributed by atoms with E-state index >= 15 is 0 Å². The number of aromatic hydroxyl groups is 1. The van der Waals surface area contributed by atoms with Crippen LogP contribution in [0.4, 0.5) is 0 Å². The van der Waals surface area contributed by atoms with Crippen LogP contribution in [-0.2, 0) is 6.42 Å². The molecule has 0 aliphatic carbocycles. The highest BCUT2D eigenvalue weighted by molar-refractivity contribution is 5.86. The summed E-state index contributed by atoms with van der Waals surface area (Å²) in [6.45, 7) is 2.24. The zero-order valence-electron chi connectivity index (χ0n) is 11.1. The minimum absolute atomic E-state index is 0.0368. The van der Waals surface area contributed by atoms with E-state index in [0.29, 0.717) is 0 Å². The van der Waals surface area contributed by atoms with Gasteiger partial charge in [-0.15, -0.1) is 0 Å². The number of hydrogen-bond acceptors (Lipinski definition) is 2. The second kappa shape index (κ2) is 6.48. The van der Waals surface area contributed by atoms with Gasteiger partial charge in [-0.25, -0.2) is 0 Å². The summed E-state index contributed by atoms with van der Waals surface area (Å²) >= 11 is 0. The maximum atomic E-state index is 9.54. The Labute approximate surface area is 109 Å². The molecule has 0 aliphatic heterocycles. The highest BCUT2D eigenvalue weighted by Gasteiger charge is 2.04. The van der Waals surface area contributed by atoms with Gasteiger partial charge >= 0.3 is 0 Å². The Morgan fingerprint density at radius 1 is 1.06 bits per heavy atom. The zero-order valence-corrected chi connectivity index (χ0v) is 11.1. The average Bonchev–Trinajstić information content (AvgIpc) is 2.75. The van der Waals surface area contributed by atoms with Gasteiger partial charge in [-0.1, -0.05) is 51.2 Å². The van der Waals surface area contributed by atoms with E-state index in [1.54, 1.807) is 6.26 Å². The molecule has 0 aliphatic rings. The number of furan rings is 1. The molecule has 1 N–H and O–H groups in total. The summed E-state index contributed by atoms with van der Waals surface area (Å²) in [5.74, 6) is 0.0368. The molecule has 0 bridgehead atoms. The van der Waals surface area contributed by atoms with Crippen molar-refractivity contribution in [1.82, 2.24) is 0 Å². The van der Waals surface area contributed by atoms with Crippen molar-refractivity contribution in [3.8, 4) is 5.95 Å². The van der Waals surface area contributed by atoms with Crippen LogP contribution in [0.1, 0.15) is 51.0 Å². The quantitative estimate of drug-likeness (QED) is 0.694. The first kappa shape index (κ1) is 13.0. The zero-order chi connectivity index (χ0) is 12.8. The fourth-order valence-corrected chi connectivity index (χ4v) is 2.34. The lowest BCUT2D eigenvalue weighted by atomic mass is 10.0. The molecule has 0 amide bonds. The van der Waals surface area contributed by atoms with E-state index < -0.39 is 0 Å². The number of benzene rings is 1. The molecule has 0 saturated carbocycles. The van der Waals surface area contributed by atoms with Crippen molar-refractivity contribution in [3.05, 3.63) is 30.0 Å². The monoisotopic (exact) mass is 246 g/mol. The van der Waals surface area contributed by atoms with E-state index in [2.05, 4.69) is 13.0 Å². The number of unbranched alkanes of at least 4 members (excludes halogenated alkanes) is 5. The van der Waals surface area contributed by atoms with E-state index in [9.17, 15) is 5.11 Å². The van der Waals surface area contributed by atoms with Crippen LogP contribution in [0.15, 0.2) is 28.9 Å². The van der Waals surface area contributed by atoms with Crippen molar-refractivity contribution in [2.24, 2.45) is 0 Å². The molecule has 98 valence electrons. The standard InChI is InChI=1S/C16H22O2/c1-2-3-4-5-6-7-8-13-9-10-14-12-18-16(17)15(14)11-13/h9-12,17H,2-8H2,1H3. The van der Waals surface area contributed by atoms with Gasteiger partial charge in [-0.2, -0.15) is 0 Å². The van der Waals surface area contributed by atoms with Crippen molar-refractivity contribution >= 4 is 10.8 Å². The lowest BCUT2D eigenvalue weighted by Crippen LogP contribution is -1.86. The van der Waals surface area contributed by atoms with Crippen LogP contribution in [-0.4, -0.2) is 5.11 Å². The van der Waals surface area contributed by atoms with Gasteiger partial charge in [0.25, 0.3) is 5.95 Å². The third-order valence-electron chi connectivity index (χ3n) is 3.46. The number of rotatable bonds is 7. The van der Waals surface area contributed by atoms with E-state index in [1.807, 2.05) is 12.1 Å². The molecule has 0 unspecified atom stereocenters. The fourth-order valence-electron chi connectivity index (χ4n) is 2.34. The summed E-state index contributed by atoms with van der Waals surface area (Å²) in [6, 6.07) is 6.19. The van der Waals surface area contributed by atoms with Gasteiger partial charge in [0.2, 0.25) is 0 Å². The van der Waals surface area contributed by atoms with Gasteiger partial charge in [0.05, 0.1) is 5.39 Å². The maximum Gasteiger partial charge on any atom is 0.289 e. The van der Waals surface area contributed by atoms with Crippen LogP contribution >= 0.6 is 0 Å². The van der Waals surface area contributed by atoms with Crippen molar-refractivity contribution in [1.29, 1.82) is 0 Å². The summed E-state index contributed by atoms with van der Waals surface area (Å²) < 4.78 is 5.00. The number of aryl methyl sites for hydroxylation is 1. The number of fused-ring (bicyclic) bond motifs is 1. The van der Waals surface area contributed by atoms with E-state index in [-0.39, 0.29) is 5.95 Å². The fraction of sp³-hybridized carbons (Fsp3) is 0.500. The molecule has 0 fully saturated rings. The molecule has 0 saturated heterocycles. The Kier molecular flexibility index (Phi) is 4.68. The van der Waals surface area contributed by atoms with Crippen LogP contribution < -0.4 is 0 Å². The first-order valence-corrected chi connectivity index (χ1v) is 7.00. The summed E-state index contributed by atoms with van der Waals surface area (Å²) in [7, 11) is 0. The van der Waals surface area contributed by atoms with Gasteiger partial charge in [-0.05, 0) is 24.5 Å².